The Bertz CT molecular complexity index is 231. The van der Waals surface area contributed by atoms with E-state index >= 15 is 0 Å². The van der Waals surface area contributed by atoms with E-state index in [0.29, 0.717) is 0 Å². The lowest BCUT2D eigenvalue weighted by Gasteiger charge is -2.03. The van der Waals surface area contributed by atoms with Crippen LogP contribution in [0.5, 0.6) is 0 Å². The summed E-state index contributed by atoms with van der Waals surface area (Å²) in [6.45, 7) is 2.22. The van der Waals surface area contributed by atoms with Gasteiger partial charge in [-0.05, 0) is 18.1 Å². The number of nitrogens with one attached hydrogen (secondary N) is 1. The smallest absolute Gasteiger partial charge is 0.0389 e. The summed E-state index contributed by atoms with van der Waals surface area (Å²) in [4.78, 5) is 0. The summed E-state index contributed by atoms with van der Waals surface area (Å²) in [6, 6.07) is 5.76. The Labute approximate surface area is 60.8 Å². The number of hydrogen-bond donors (Lipinski definition) is 1. The van der Waals surface area contributed by atoms with Crippen LogP contribution in [0.15, 0.2) is 18.2 Å². The molecular formula is C8H11N2. The van der Waals surface area contributed by atoms with Crippen LogP contribution >= 0.6 is 0 Å². The lowest BCUT2D eigenvalue weighted by molar-refractivity contribution is 1.03. The molecule has 0 aliphatic carbocycles. The van der Waals surface area contributed by atoms with E-state index in [9.17, 15) is 0 Å². The molecule has 0 bridgehead atoms. The predicted octanol–water partition coefficient (Wildman–Crippen LogP) is 1.36. The largest absolute Gasteiger partial charge is 0.398 e. The lowest BCUT2D eigenvalue weighted by Crippen LogP contribution is -1.96. The second kappa shape index (κ2) is 2.71. The van der Waals surface area contributed by atoms with E-state index in [-0.39, 0.29) is 6.54 Å². The Morgan fingerprint density at radius 3 is 2.70 bits per heavy atom. The molecule has 0 unspecified atom stereocenters. The van der Waals surface area contributed by atoms with Gasteiger partial charge in [0.05, 0.1) is 0 Å². The molecule has 0 saturated heterocycles. The van der Waals surface area contributed by atoms with Gasteiger partial charge in [0.25, 0.3) is 0 Å². The van der Waals surface area contributed by atoms with E-state index < -0.39 is 0 Å². The van der Waals surface area contributed by atoms with Crippen LogP contribution in [0.3, 0.4) is 0 Å². The summed E-state index contributed by atoms with van der Waals surface area (Å²) in [5.41, 5.74) is 15.5. The van der Waals surface area contributed by atoms with Gasteiger partial charge < -0.3 is 5.73 Å². The van der Waals surface area contributed by atoms with Crippen molar-refractivity contribution in [3.63, 3.8) is 0 Å². The fourth-order valence-electron chi connectivity index (χ4n) is 0.896. The van der Waals surface area contributed by atoms with Crippen molar-refractivity contribution in [1.29, 1.82) is 0 Å². The Kier molecular flexibility index (Phi) is 1.92. The maximum Gasteiger partial charge on any atom is 0.0389 e. The Morgan fingerprint density at radius 2 is 2.20 bits per heavy atom. The molecule has 1 aromatic carbocycles. The average molecular weight is 135 g/mol. The first kappa shape index (κ1) is 7.09. The monoisotopic (exact) mass is 135 g/mol. The average Bonchev–Trinajstić information content (AvgIpc) is 1.95. The third kappa shape index (κ3) is 1.11. The molecule has 0 heterocycles. The van der Waals surface area contributed by atoms with Gasteiger partial charge in [0, 0.05) is 12.2 Å². The SMILES string of the molecule is Cc1cccc(C[NH])c1N. The molecule has 1 radical (unpaired) electrons. The summed E-state index contributed by atoms with van der Waals surface area (Å²) in [7, 11) is 0. The van der Waals surface area contributed by atoms with Crippen molar-refractivity contribution in [1.82, 2.24) is 5.73 Å². The summed E-state index contributed by atoms with van der Waals surface area (Å²) >= 11 is 0. The molecule has 0 fully saturated rings. The summed E-state index contributed by atoms with van der Waals surface area (Å²) in [5.74, 6) is 0. The standard InChI is InChI=1S/C8H11N2/c1-6-3-2-4-7(5-9)8(6)10/h2-4,9H,5,10H2,1H3. The number of hydrogen-bond acceptors (Lipinski definition) is 1. The minimum absolute atomic E-state index is 0.271. The second-order valence-corrected chi connectivity index (χ2v) is 2.32. The topological polar surface area (TPSA) is 49.8 Å². The van der Waals surface area contributed by atoms with Crippen molar-refractivity contribution in [2.24, 2.45) is 0 Å². The third-order valence-electron chi connectivity index (χ3n) is 1.60. The fraction of sp³-hybridized carbons (Fsp3) is 0.250. The number of aryl methyl sites for hydroxylation is 1. The lowest BCUT2D eigenvalue weighted by atomic mass is 10.1. The van der Waals surface area contributed by atoms with Crippen LogP contribution in [-0.4, -0.2) is 0 Å². The number of nitrogen functional groups attached to an aromatic ring is 1. The van der Waals surface area contributed by atoms with Crippen LogP contribution < -0.4 is 11.5 Å². The third-order valence-corrected chi connectivity index (χ3v) is 1.60. The van der Waals surface area contributed by atoms with Crippen LogP contribution in [0.25, 0.3) is 0 Å². The van der Waals surface area contributed by atoms with E-state index in [1.165, 1.54) is 0 Å². The fourth-order valence-corrected chi connectivity index (χ4v) is 0.896. The van der Waals surface area contributed by atoms with Crippen molar-refractivity contribution >= 4 is 5.69 Å². The van der Waals surface area contributed by atoms with Crippen LogP contribution in [0, 0.1) is 6.92 Å². The molecule has 0 aromatic heterocycles. The molecule has 0 atom stereocenters. The summed E-state index contributed by atoms with van der Waals surface area (Å²) in [6.07, 6.45) is 0. The van der Waals surface area contributed by atoms with Gasteiger partial charge in [0.2, 0.25) is 0 Å². The molecule has 0 aliphatic rings. The summed E-state index contributed by atoms with van der Waals surface area (Å²) in [5, 5.41) is 0. The second-order valence-electron chi connectivity index (χ2n) is 2.32. The number of para-hydroxylation sites is 1. The van der Waals surface area contributed by atoms with Crippen molar-refractivity contribution in [2.75, 3.05) is 5.73 Å². The first-order valence-electron chi connectivity index (χ1n) is 3.24. The molecule has 2 heteroatoms. The zero-order valence-corrected chi connectivity index (χ0v) is 6.02. The molecule has 10 heavy (non-hydrogen) atoms. The molecule has 53 valence electrons. The van der Waals surface area contributed by atoms with Gasteiger partial charge in [-0.15, -0.1) is 0 Å². The Morgan fingerprint density at radius 1 is 1.50 bits per heavy atom. The van der Waals surface area contributed by atoms with Gasteiger partial charge in [-0.25, -0.2) is 0 Å². The molecule has 3 N–H and O–H groups in total. The first-order chi connectivity index (χ1) is 4.75. The van der Waals surface area contributed by atoms with Gasteiger partial charge in [-0.2, -0.15) is 0 Å². The first-order valence-corrected chi connectivity index (χ1v) is 3.24. The van der Waals surface area contributed by atoms with Gasteiger partial charge in [0.1, 0.15) is 0 Å². The predicted molar refractivity (Wildman–Crippen MR) is 42.4 cm³/mol. The summed E-state index contributed by atoms with van der Waals surface area (Å²) < 4.78 is 0. The van der Waals surface area contributed by atoms with Crippen LogP contribution in [-0.2, 0) is 6.54 Å². The van der Waals surface area contributed by atoms with E-state index in [2.05, 4.69) is 0 Å². The zero-order valence-electron chi connectivity index (χ0n) is 6.02. The molecule has 0 saturated carbocycles. The van der Waals surface area contributed by atoms with E-state index in [0.717, 1.165) is 16.8 Å². The van der Waals surface area contributed by atoms with Gasteiger partial charge in [-0.1, -0.05) is 18.2 Å². The van der Waals surface area contributed by atoms with Gasteiger partial charge in [0.15, 0.2) is 0 Å². The quantitative estimate of drug-likeness (QED) is 0.581. The molecule has 2 nitrogen and oxygen atoms in total. The molecular weight excluding hydrogens is 124 g/mol. The van der Waals surface area contributed by atoms with Gasteiger partial charge in [-0.3, -0.25) is 5.73 Å². The van der Waals surface area contributed by atoms with E-state index in [1.54, 1.807) is 0 Å². The molecule has 1 aromatic rings. The number of nitrogens with two attached hydrogens (primary N) is 1. The minimum atomic E-state index is 0.271. The van der Waals surface area contributed by atoms with Crippen molar-refractivity contribution < 1.29 is 0 Å². The highest BCUT2D eigenvalue weighted by Crippen LogP contribution is 2.15. The highest BCUT2D eigenvalue weighted by Gasteiger charge is 1.97. The van der Waals surface area contributed by atoms with Crippen LogP contribution in [0.2, 0.25) is 0 Å². The van der Waals surface area contributed by atoms with Crippen LogP contribution in [0.1, 0.15) is 11.1 Å². The molecule has 0 aliphatic heterocycles. The van der Waals surface area contributed by atoms with Gasteiger partial charge >= 0.3 is 0 Å². The van der Waals surface area contributed by atoms with Crippen molar-refractivity contribution in [2.45, 2.75) is 13.5 Å². The Balaban J connectivity index is 3.14. The van der Waals surface area contributed by atoms with E-state index in [4.69, 9.17) is 11.5 Å². The number of benzene rings is 1. The molecule has 0 spiro atoms. The van der Waals surface area contributed by atoms with Crippen LogP contribution in [0.4, 0.5) is 5.69 Å². The zero-order chi connectivity index (χ0) is 7.56. The number of rotatable bonds is 1. The normalized spacial score (nSPS) is 9.80. The minimum Gasteiger partial charge on any atom is -0.398 e. The highest BCUT2D eigenvalue weighted by atomic mass is 14.6. The van der Waals surface area contributed by atoms with Crippen molar-refractivity contribution in [3.05, 3.63) is 29.3 Å². The number of anilines is 1. The maximum absolute atomic E-state index is 7.10. The Hall–Kier alpha value is -1.02. The molecule has 1 rings (SSSR count). The maximum atomic E-state index is 7.10. The molecule has 0 amide bonds. The van der Waals surface area contributed by atoms with Crippen molar-refractivity contribution in [3.8, 4) is 0 Å². The van der Waals surface area contributed by atoms with E-state index in [1.807, 2.05) is 25.1 Å². The highest BCUT2D eigenvalue weighted by molar-refractivity contribution is 5.52.